The Hall–Kier alpha value is -1.40. The van der Waals surface area contributed by atoms with Gasteiger partial charge < -0.3 is 5.73 Å². The summed E-state index contributed by atoms with van der Waals surface area (Å²) in [5, 5.41) is 8.25. The second-order valence-corrected chi connectivity index (χ2v) is 1.35. The number of hydrogen-bond acceptors (Lipinski definition) is 3. The Balaban J connectivity index is 0.000000371. The van der Waals surface area contributed by atoms with E-state index in [0.29, 0.717) is 5.56 Å². The first-order chi connectivity index (χ1) is 4.93. The molecule has 3 heteroatoms. The third kappa shape index (κ3) is 2.80. The van der Waals surface area contributed by atoms with Gasteiger partial charge in [0.25, 0.3) is 0 Å². The summed E-state index contributed by atoms with van der Waals surface area (Å²) in [6, 6.07) is 5.41. The first-order valence-corrected chi connectivity index (χ1v) is 2.81. The average Bonchev–Trinajstić information content (AvgIpc) is 2.10. The van der Waals surface area contributed by atoms with Gasteiger partial charge >= 0.3 is 0 Å². The lowest BCUT2D eigenvalue weighted by molar-refractivity contribution is 1.30. The molecule has 0 radical (unpaired) electrons. The Morgan fingerprint density at radius 3 is 2.60 bits per heavy atom. The van der Waals surface area contributed by atoms with Crippen molar-refractivity contribution in [1.29, 1.82) is 5.26 Å². The molecule has 0 fully saturated rings. The third-order valence-corrected chi connectivity index (χ3v) is 0.791. The number of rotatable bonds is 0. The molecule has 2 N–H and O–H groups in total. The second kappa shape index (κ2) is 5.73. The highest BCUT2D eigenvalue weighted by molar-refractivity contribution is 5.23. The smallest absolute Gasteiger partial charge is 0.101 e. The van der Waals surface area contributed by atoms with E-state index in [1.807, 2.05) is 6.07 Å². The molecule has 0 atom stereocenters. The fourth-order valence-corrected chi connectivity index (χ4v) is 0.429. The normalized spacial score (nSPS) is 6.90. The number of nitriles is 1. The van der Waals surface area contributed by atoms with Crippen LogP contribution in [0.4, 0.5) is 0 Å². The Kier molecular flexibility index (Phi) is 4.93. The van der Waals surface area contributed by atoms with Crippen molar-refractivity contribution in [2.75, 3.05) is 7.05 Å². The minimum Gasteiger partial charge on any atom is -0.333 e. The fraction of sp³-hybridized carbons (Fsp3) is 0.143. The van der Waals surface area contributed by atoms with Gasteiger partial charge in [-0.3, -0.25) is 4.98 Å². The van der Waals surface area contributed by atoms with Crippen LogP contribution in [-0.4, -0.2) is 12.0 Å². The zero-order valence-electron chi connectivity index (χ0n) is 5.78. The molecule has 0 bridgehead atoms. The molecule has 1 aromatic rings. The van der Waals surface area contributed by atoms with E-state index < -0.39 is 0 Å². The minimum atomic E-state index is 0.604. The summed E-state index contributed by atoms with van der Waals surface area (Å²) < 4.78 is 0. The fourth-order valence-electron chi connectivity index (χ4n) is 0.429. The van der Waals surface area contributed by atoms with E-state index >= 15 is 0 Å². The van der Waals surface area contributed by atoms with Gasteiger partial charge in [0.2, 0.25) is 0 Å². The number of aromatic nitrogens is 1. The van der Waals surface area contributed by atoms with Gasteiger partial charge in [0.1, 0.15) is 6.07 Å². The molecule has 0 aliphatic heterocycles. The van der Waals surface area contributed by atoms with E-state index in [1.54, 1.807) is 18.3 Å². The molecule has 0 unspecified atom stereocenters. The molecule has 0 amide bonds. The zero-order valence-corrected chi connectivity index (χ0v) is 5.78. The van der Waals surface area contributed by atoms with Crippen molar-refractivity contribution in [3.63, 3.8) is 0 Å². The van der Waals surface area contributed by atoms with Crippen molar-refractivity contribution in [1.82, 2.24) is 4.98 Å². The van der Waals surface area contributed by atoms with Crippen LogP contribution in [0.5, 0.6) is 0 Å². The predicted octanol–water partition coefficient (Wildman–Crippen LogP) is 0.528. The van der Waals surface area contributed by atoms with E-state index in [-0.39, 0.29) is 0 Å². The highest BCUT2D eigenvalue weighted by Gasteiger charge is 1.80. The van der Waals surface area contributed by atoms with E-state index in [2.05, 4.69) is 10.7 Å². The van der Waals surface area contributed by atoms with Crippen molar-refractivity contribution in [2.24, 2.45) is 5.73 Å². The van der Waals surface area contributed by atoms with Crippen LogP contribution in [0.1, 0.15) is 5.56 Å². The summed E-state index contributed by atoms with van der Waals surface area (Å²) in [7, 11) is 1.50. The Bertz CT molecular complexity index is 200. The lowest BCUT2D eigenvalue weighted by Gasteiger charge is -1.79. The monoisotopic (exact) mass is 135 g/mol. The predicted molar refractivity (Wildman–Crippen MR) is 39.1 cm³/mol. The molecule has 1 aromatic heterocycles. The molecule has 3 nitrogen and oxygen atoms in total. The van der Waals surface area contributed by atoms with Crippen LogP contribution in [0.3, 0.4) is 0 Å². The van der Waals surface area contributed by atoms with E-state index in [1.165, 1.54) is 13.2 Å². The van der Waals surface area contributed by atoms with Crippen molar-refractivity contribution < 1.29 is 0 Å². The highest BCUT2D eigenvalue weighted by atomic mass is 14.6. The summed E-state index contributed by atoms with van der Waals surface area (Å²) >= 11 is 0. The summed E-state index contributed by atoms with van der Waals surface area (Å²) in [5.41, 5.74) is 5.10. The van der Waals surface area contributed by atoms with Crippen LogP contribution < -0.4 is 5.73 Å². The molecule has 0 aliphatic carbocycles. The number of pyridine rings is 1. The first-order valence-electron chi connectivity index (χ1n) is 2.81. The van der Waals surface area contributed by atoms with Crippen LogP contribution in [-0.2, 0) is 0 Å². The summed E-state index contributed by atoms with van der Waals surface area (Å²) in [6.45, 7) is 0. The lowest BCUT2D eigenvalue weighted by Crippen LogP contribution is -1.72. The summed E-state index contributed by atoms with van der Waals surface area (Å²) in [6.07, 6.45) is 3.17. The van der Waals surface area contributed by atoms with Crippen LogP contribution >= 0.6 is 0 Å². The van der Waals surface area contributed by atoms with Gasteiger partial charge in [0, 0.05) is 12.4 Å². The minimum absolute atomic E-state index is 0.604. The molecule has 10 heavy (non-hydrogen) atoms. The van der Waals surface area contributed by atoms with Gasteiger partial charge in [0.05, 0.1) is 5.56 Å². The van der Waals surface area contributed by atoms with Crippen LogP contribution in [0.2, 0.25) is 0 Å². The molecule has 0 aromatic carbocycles. The van der Waals surface area contributed by atoms with Gasteiger partial charge in [-0.1, -0.05) is 0 Å². The number of nitrogens with two attached hydrogens (primary N) is 1. The highest BCUT2D eigenvalue weighted by Crippen LogP contribution is 1.89. The van der Waals surface area contributed by atoms with Gasteiger partial charge in [-0.2, -0.15) is 5.26 Å². The van der Waals surface area contributed by atoms with E-state index in [9.17, 15) is 0 Å². The topological polar surface area (TPSA) is 62.7 Å². The molecule has 0 aliphatic rings. The molecule has 1 rings (SSSR count). The first kappa shape index (κ1) is 8.60. The standard InChI is InChI=1S/C6H4N2.CH5N/c7-4-6-2-1-3-8-5-6;1-2/h1-3,5H;2H2,1H3. The average molecular weight is 135 g/mol. The van der Waals surface area contributed by atoms with Crippen LogP contribution in [0, 0.1) is 11.3 Å². The summed E-state index contributed by atoms with van der Waals surface area (Å²) in [5.74, 6) is 0. The van der Waals surface area contributed by atoms with Gasteiger partial charge in [-0.05, 0) is 19.2 Å². The van der Waals surface area contributed by atoms with Gasteiger partial charge in [0.15, 0.2) is 0 Å². The van der Waals surface area contributed by atoms with E-state index in [0.717, 1.165) is 0 Å². The van der Waals surface area contributed by atoms with Crippen molar-refractivity contribution in [2.45, 2.75) is 0 Å². The van der Waals surface area contributed by atoms with Crippen LogP contribution in [0.25, 0.3) is 0 Å². The quantitative estimate of drug-likeness (QED) is 0.564. The molecule has 0 saturated heterocycles. The Morgan fingerprint density at radius 2 is 2.30 bits per heavy atom. The SMILES string of the molecule is CN.N#Cc1cccnc1. The Labute approximate surface area is 60.1 Å². The molecule has 0 saturated carbocycles. The van der Waals surface area contributed by atoms with E-state index in [4.69, 9.17) is 5.26 Å². The molecular formula is C7H9N3. The second-order valence-electron chi connectivity index (χ2n) is 1.35. The molecule has 0 spiro atoms. The summed E-state index contributed by atoms with van der Waals surface area (Å²) in [4.78, 5) is 3.73. The van der Waals surface area contributed by atoms with Crippen molar-refractivity contribution in [3.05, 3.63) is 30.1 Å². The molecule has 52 valence electrons. The number of nitrogens with zero attached hydrogens (tertiary/aromatic N) is 2. The molecule has 1 heterocycles. The van der Waals surface area contributed by atoms with Crippen LogP contribution in [0.15, 0.2) is 24.5 Å². The third-order valence-electron chi connectivity index (χ3n) is 0.791. The maximum atomic E-state index is 8.25. The maximum Gasteiger partial charge on any atom is 0.101 e. The van der Waals surface area contributed by atoms with Gasteiger partial charge in [-0.15, -0.1) is 0 Å². The Morgan fingerprint density at radius 1 is 1.60 bits per heavy atom. The largest absolute Gasteiger partial charge is 0.333 e. The van der Waals surface area contributed by atoms with Gasteiger partial charge in [-0.25, -0.2) is 0 Å². The lowest BCUT2D eigenvalue weighted by atomic mass is 10.3. The molecular weight excluding hydrogens is 126 g/mol. The zero-order chi connectivity index (χ0) is 7.82. The number of hydrogen-bond donors (Lipinski definition) is 1. The van der Waals surface area contributed by atoms with Crippen molar-refractivity contribution in [3.8, 4) is 6.07 Å². The maximum absolute atomic E-state index is 8.25. The van der Waals surface area contributed by atoms with Crippen molar-refractivity contribution >= 4 is 0 Å².